The molecule has 0 atom stereocenters. The molecule has 0 bridgehead atoms. The van der Waals surface area contributed by atoms with Crippen LogP contribution in [0.1, 0.15) is 55.7 Å². The van der Waals surface area contributed by atoms with Crippen molar-refractivity contribution in [3.8, 4) is 0 Å². The molecule has 1 amide bonds. The van der Waals surface area contributed by atoms with Gasteiger partial charge < -0.3 is 5.32 Å². The first kappa shape index (κ1) is 17.4. The molecule has 3 rings (SSSR count). The normalized spacial score (nSPS) is 11.5. The van der Waals surface area contributed by atoms with Crippen molar-refractivity contribution in [3.05, 3.63) is 46.9 Å². The summed E-state index contributed by atoms with van der Waals surface area (Å²) in [6.45, 7) is 8.17. The van der Waals surface area contributed by atoms with E-state index in [-0.39, 0.29) is 17.9 Å². The van der Waals surface area contributed by atoms with Crippen molar-refractivity contribution >= 4 is 34.4 Å². The molecule has 0 spiro atoms. The number of aromatic nitrogens is 4. The lowest BCUT2D eigenvalue weighted by Crippen LogP contribution is -2.15. The third-order valence-electron chi connectivity index (χ3n) is 3.88. The van der Waals surface area contributed by atoms with Crippen molar-refractivity contribution < 1.29 is 4.79 Å². The topological polar surface area (TPSA) is 72.7 Å². The molecule has 0 aromatic carbocycles. The van der Waals surface area contributed by atoms with Gasteiger partial charge in [-0.25, -0.2) is 14.6 Å². The van der Waals surface area contributed by atoms with E-state index in [9.17, 15) is 4.79 Å². The van der Waals surface area contributed by atoms with Gasteiger partial charge in [0.2, 0.25) is 0 Å². The van der Waals surface area contributed by atoms with Crippen molar-refractivity contribution in [2.75, 3.05) is 5.32 Å². The van der Waals surface area contributed by atoms with E-state index in [1.165, 1.54) is 6.20 Å². The van der Waals surface area contributed by atoms with Crippen LogP contribution in [0.3, 0.4) is 0 Å². The van der Waals surface area contributed by atoms with Crippen molar-refractivity contribution in [2.24, 2.45) is 0 Å². The minimum atomic E-state index is -0.243. The van der Waals surface area contributed by atoms with E-state index < -0.39 is 0 Å². The molecule has 0 aliphatic rings. The number of anilines is 1. The maximum absolute atomic E-state index is 12.8. The van der Waals surface area contributed by atoms with Gasteiger partial charge in [0.15, 0.2) is 5.65 Å². The fourth-order valence-electron chi connectivity index (χ4n) is 2.53. The molecule has 3 aromatic rings. The van der Waals surface area contributed by atoms with Crippen LogP contribution in [0.5, 0.6) is 0 Å². The van der Waals surface area contributed by atoms with Gasteiger partial charge in [-0.1, -0.05) is 25.4 Å². The molecule has 0 aliphatic heterocycles. The van der Waals surface area contributed by atoms with Crippen LogP contribution in [-0.4, -0.2) is 25.7 Å². The molecule has 130 valence electrons. The molecule has 3 aromatic heterocycles. The number of rotatable bonds is 4. The van der Waals surface area contributed by atoms with Crippen molar-refractivity contribution in [3.63, 3.8) is 0 Å². The Hall–Kier alpha value is -2.47. The highest BCUT2D eigenvalue weighted by Gasteiger charge is 2.19. The number of amides is 1. The molecule has 25 heavy (non-hydrogen) atoms. The van der Waals surface area contributed by atoms with Crippen LogP contribution in [0.4, 0.5) is 5.82 Å². The average Bonchev–Trinajstić information content (AvgIpc) is 3.00. The maximum Gasteiger partial charge on any atom is 0.257 e. The number of nitrogens with one attached hydrogen (secondary N) is 1. The van der Waals surface area contributed by atoms with E-state index in [0.29, 0.717) is 16.4 Å². The van der Waals surface area contributed by atoms with Gasteiger partial charge in [-0.05, 0) is 38.0 Å². The molecular formula is C18H20ClN5O. The lowest BCUT2D eigenvalue weighted by molar-refractivity contribution is 0.102. The number of carbonyl (C=O) groups is 1. The number of halogens is 1. The van der Waals surface area contributed by atoms with Gasteiger partial charge in [0, 0.05) is 17.9 Å². The largest absolute Gasteiger partial charge is 0.307 e. The van der Waals surface area contributed by atoms with Crippen molar-refractivity contribution in [1.29, 1.82) is 0 Å². The Kier molecular flexibility index (Phi) is 4.72. The Morgan fingerprint density at radius 3 is 2.56 bits per heavy atom. The molecule has 0 saturated carbocycles. The summed E-state index contributed by atoms with van der Waals surface area (Å²) in [4.78, 5) is 21.6. The van der Waals surface area contributed by atoms with Crippen LogP contribution in [0.15, 0.2) is 30.6 Å². The highest BCUT2D eigenvalue weighted by atomic mass is 35.5. The van der Waals surface area contributed by atoms with E-state index in [2.05, 4.69) is 15.4 Å². The quantitative estimate of drug-likeness (QED) is 0.749. The average molecular weight is 358 g/mol. The minimum Gasteiger partial charge on any atom is -0.307 e. The van der Waals surface area contributed by atoms with Crippen molar-refractivity contribution in [1.82, 2.24) is 19.7 Å². The molecule has 0 radical (unpaired) electrons. The summed E-state index contributed by atoms with van der Waals surface area (Å²) in [5.74, 6) is 0.397. The second-order valence-corrected chi connectivity index (χ2v) is 6.92. The minimum absolute atomic E-state index is 0.154. The molecule has 1 N–H and O–H groups in total. The van der Waals surface area contributed by atoms with Gasteiger partial charge in [0.05, 0.1) is 22.2 Å². The first-order chi connectivity index (χ1) is 11.9. The van der Waals surface area contributed by atoms with Crippen molar-refractivity contribution in [2.45, 2.75) is 39.7 Å². The Balaban J connectivity index is 2.07. The fraction of sp³-hybridized carbons (Fsp3) is 0.333. The summed E-state index contributed by atoms with van der Waals surface area (Å²) < 4.78 is 1.83. The number of hydrogen-bond acceptors (Lipinski definition) is 4. The molecule has 0 saturated heterocycles. The van der Waals surface area contributed by atoms with Gasteiger partial charge in [0.1, 0.15) is 5.82 Å². The standard InChI is InChI=1S/C18H20ClN5O/c1-10(2)15-7-13(14-9-21-24(11(3)4)17(14)22-15)18(25)23-16-6-5-12(19)8-20-16/h5-11H,1-4H3,(H,20,23,25). The molecule has 0 unspecified atom stereocenters. The van der Waals surface area contributed by atoms with Gasteiger partial charge >= 0.3 is 0 Å². The van der Waals surface area contributed by atoms with Crippen LogP contribution >= 0.6 is 11.6 Å². The molecule has 7 heteroatoms. The zero-order chi connectivity index (χ0) is 18.1. The highest BCUT2D eigenvalue weighted by Crippen LogP contribution is 2.25. The predicted molar refractivity (Wildman–Crippen MR) is 99.2 cm³/mol. The third-order valence-corrected chi connectivity index (χ3v) is 4.10. The Morgan fingerprint density at radius 2 is 1.96 bits per heavy atom. The maximum atomic E-state index is 12.8. The van der Waals surface area contributed by atoms with Gasteiger partial charge in [-0.15, -0.1) is 0 Å². The smallest absolute Gasteiger partial charge is 0.257 e. The fourth-order valence-corrected chi connectivity index (χ4v) is 2.64. The number of nitrogens with zero attached hydrogens (tertiary/aromatic N) is 4. The van der Waals surface area contributed by atoms with Crippen LogP contribution in [-0.2, 0) is 0 Å². The number of pyridine rings is 2. The van der Waals surface area contributed by atoms with Crippen LogP contribution in [0.25, 0.3) is 11.0 Å². The molecule has 0 aliphatic carbocycles. The van der Waals surface area contributed by atoms with E-state index in [0.717, 1.165) is 16.7 Å². The Labute approximate surface area is 151 Å². The first-order valence-corrected chi connectivity index (χ1v) is 8.55. The number of carbonyl (C=O) groups excluding carboxylic acids is 1. The van der Waals surface area contributed by atoms with Gasteiger partial charge in [0.25, 0.3) is 5.91 Å². The summed E-state index contributed by atoms with van der Waals surface area (Å²) in [5, 5.41) is 8.45. The summed E-state index contributed by atoms with van der Waals surface area (Å²) in [6, 6.07) is 5.33. The number of fused-ring (bicyclic) bond motifs is 1. The van der Waals surface area contributed by atoms with Gasteiger partial charge in [-0.3, -0.25) is 4.79 Å². The van der Waals surface area contributed by atoms with Crippen LogP contribution in [0, 0.1) is 0 Å². The predicted octanol–water partition coefficient (Wildman–Crippen LogP) is 4.44. The molecule has 3 heterocycles. The third kappa shape index (κ3) is 3.49. The van der Waals surface area contributed by atoms with E-state index in [4.69, 9.17) is 16.6 Å². The monoisotopic (exact) mass is 357 g/mol. The summed E-state index contributed by atoms with van der Waals surface area (Å²) >= 11 is 5.84. The second-order valence-electron chi connectivity index (χ2n) is 6.49. The molecule has 6 nitrogen and oxygen atoms in total. The summed E-state index contributed by atoms with van der Waals surface area (Å²) in [7, 11) is 0. The zero-order valence-corrected chi connectivity index (χ0v) is 15.4. The van der Waals surface area contributed by atoms with E-state index >= 15 is 0 Å². The second kappa shape index (κ2) is 6.80. The lowest BCUT2D eigenvalue weighted by Gasteiger charge is -2.12. The zero-order valence-electron chi connectivity index (χ0n) is 14.6. The van der Waals surface area contributed by atoms with E-state index in [1.807, 2.05) is 38.4 Å². The SMILES string of the molecule is CC(C)c1cc(C(=O)Nc2ccc(Cl)cn2)c2cnn(C(C)C)c2n1. The lowest BCUT2D eigenvalue weighted by atomic mass is 10.0. The summed E-state index contributed by atoms with van der Waals surface area (Å²) in [5.41, 5.74) is 2.11. The molecule has 0 fully saturated rings. The summed E-state index contributed by atoms with van der Waals surface area (Å²) in [6.07, 6.45) is 3.19. The Bertz CT molecular complexity index is 915. The van der Waals surface area contributed by atoms with Crippen LogP contribution < -0.4 is 5.32 Å². The molecular weight excluding hydrogens is 338 g/mol. The number of hydrogen-bond donors (Lipinski definition) is 1. The van der Waals surface area contributed by atoms with E-state index in [1.54, 1.807) is 18.3 Å². The highest BCUT2D eigenvalue weighted by molar-refractivity contribution is 6.30. The Morgan fingerprint density at radius 1 is 1.20 bits per heavy atom. The van der Waals surface area contributed by atoms with Gasteiger partial charge in [-0.2, -0.15) is 5.10 Å². The van der Waals surface area contributed by atoms with Crippen LogP contribution in [0.2, 0.25) is 5.02 Å². The first-order valence-electron chi connectivity index (χ1n) is 8.18.